The Hall–Kier alpha value is -1.79. The monoisotopic (exact) mass is 273 g/mol. The SMILES string of the molecule is OCC1(Cc2nnnn2-c2ccccc2)CCCNC1. The van der Waals surface area contributed by atoms with Crippen LogP contribution in [-0.4, -0.2) is 45.0 Å². The third-order valence-electron chi connectivity index (χ3n) is 3.96. The first-order valence-corrected chi connectivity index (χ1v) is 6.97. The molecule has 2 N–H and O–H groups in total. The lowest BCUT2D eigenvalue weighted by molar-refractivity contribution is 0.0922. The summed E-state index contributed by atoms with van der Waals surface area (Å²) in [4.78, 5) is 0. The van der Waals surface area contributed by atoms with Crippen LogP contribution < -0.4 is 5.32 Å². The van der Waals surface area contributed by atoms with Gasteiger partial charge in [-0.05, 0) is 41.9 Å². The molecule has 2 heterocycles. The largest absolute Gasteiger partial charge is 0.396 e. The summed E-state index contributed by atoms with van der Waals surface area (Å²) in [6, 6.07) is 9.85. The van der Waals surface area contributed by atoms with Gasteiger partial charge in [0, 0.05) is 18.4 Å². The van der Waals surface area contributed by atoms with Gasteiger partial charge in [0.2, 0.25) is 0 Å². The fraction of sp³-hybridized carbons (Fsp3) is 0.500. The smallest absolute Gasteiger partial charge is 0.157 e. The van der Waals surface area contributed by atoms with E-state index in [1.807, 2.05) is 30.3 Å². The predicted octanol–water partition coefficient (Wildman–Crippen LogP) is 0.567. The molecule has 6 heteroatoms. The Bertz CT molecular complexity index is 548. The van der Waals surface area contributed by atoms with Gasteiger partial charge in [0.05, 0.1) is 12.3 Å². The number of hydrogen-bond donors (Lipinski definition) is 2. The molecule has 2 aromatic rings. The van der Waals surface area contributed by atoms with Crippen LogP contribution in [0.2, 0.25) is 0 Å². The molecule has 3 rings (SSSR count). The van der Waals surface area contributed by atoms with Crippen molar-refractivity contribution in [3.63, 3.8) is 0 Å². The van der Waals surface area contributed by atoms with Gasteiger partial charge in [-0.1, -0.05) is 18.2 Å². The van der Waals surface area contributed by atoms with Crippen molar-refractivity contribution < 1.29 is 5.11 Å². The van der Waals surface area contributed by atoms with E-state index >= 15 is 0 Å². The summed E-state index contributed by atoms with van der Waals surface area (Å²) in [5.41, 5.74) is 0.795. The van der Waals surface area contributed by atoms with Crippen molar-refractivity contribution in [2.24, 2.45) is 5.41 Å². The molecule has 6 nitrogen and oxygen atoms in total. The van der Waals surface area contributed by atoms with E-state index in [0.717, 1.165) is 37.4 Å². The molecule has 0 bridgehead atoms. The van der Waals surface area contributed by atoms with Gasteiger partial charge in [0.15, 0.2) is 5.82 Å². The maximum atomic E-state index is 9.78. The number of aromatic nitrogens is 4. The van der Waals surface area contributed by atoms with Gasteiger partial charge in [0.1, 0.15) is 0 Å². The number of aliphatic hydroxyl groups is 1. The molecule has 20 heavy (non-hydrogen) atoms. The van der Waals surface area contributed by atoms with Gasteiger partial charge in [-0.2, -0.15) is 4.68 Å². The molecule has 106 valence electrons. The Balaban J connectivity index is 1.86. The van der Waals surface area contributed by atoms with Crippen molar-refractivity contribution in [2.45, 2.75) is 19.3 Å². The Morgan fingerprint density at radius 3 is 2.85 bits per heavy atom. The maximum absolute atomic E-state index is 9.78. The molecule has 1 fully saturated rings. The van der Waals surface area contributed by atoms with Crippen molar-refractivity contribution in [3.8, 4) is 5.69 Å². The van der Waals surface area contributed by atoms with Crippen LogP contribution in [0, 0.1) is 5.41 Å². The van der Waals surface area contributed by atoms with Gasteiger partial charge in [0.25, 0.3) is 0 Å². The number of hydrogen-bond acceptors (Lipinski definition) is 5. The van der Waals surface area contributed by atoms with E-state index in [-0.39, 0.29) is 12.0 Å². The van der Waals surface area contributed by atoms with Crippen LogP contribution in [0.5, 0.6) is 0 Å². The van der Waals surface area contributed by atoms with Gasteiger partial charge in [-0.15, -0.1) is 5.10 Å². The van der Waals surface area contributed by atoms with E-state index in [9.17, 15) is 5.11 Å². The van der Waals surface area contributed by atoms with Gasteiger partial charge in [-0.25, -0.2) is 0 Å². The molecule has 0 radical (unpaired) electrons. The average molecular weight is 273 g/mol. The van der Waals surface area contributed by atoms with Crippen LogP contribution >= 0.6 is 0 Å². The summed E-state index contributed by atoms with van der Waals surface area (Å²) in [6.45, 7) is 1.98. The number of nitrogens with zero attached hydrogens (tertiary/aromatic N) is 4. The summed E-state index contributed by atoms with van der Waals surface area (Å²) in [6.07, 6.45) is 2.75. The molecule has 0 aliphatic carbocycles. The summed E-state index contributed by atoms with van der Waals surface area (Å²) < 4.78 is 1.76. The van der Waals surface area contributed by atoms with Crippen LogP contribution in [0.25, 0.3) is 5.69 Å². The summed E-state index contributed by atoms with van der Waals surface area (Å²) in [7, 11) is 0. The number of tetrazole rings is 1. The highest BCUT2D eigenvalue weighted by atomic mass is 16.3. The molecule has 0 spiro atoms. The Kier molecular flexibility index (Phi) is 3.75. The predicted molar refractivity (Wildman–Crippen MR) is 74.5 cm³/mol. The number of piperidine rings is 1. The van der Waals surface area contributed by atoms with E-state index in [2.05, 4.69) is 20.8 Å². The highest BCUT2D eigenvalue weighted by Crippen LogP contribution is 2.29. The number of para-hydroxylation sites is 1. The third kappa shape index (κ3) is 2.57. The van der Waals surface area contributed by atoms with Gasteiger partial charge in [-0.3, -0.25) is 0 Å². The molecule has 0 amide bonds. The molecular weight excluding hydrogens is 254 g/mol. The van der Waals surface area contributed by atoms with Crippen molar-refractivity contribution in [2.75, 3.05) is 19.7 Å². The lowest BCUT2D eigenvalue weighted by Crippen LogP contribution is -2.44. The first-order chi connectivity index (χ1) is 9.83. The normalized spacial score (nSPS) is 22.9. The van der Waals surface area contributed by atoms with Crippen molar-refractivity contribution in [3.05, 3.63) is 36.2 Å². The standard InChI is InChI=1S/C14H19N5O/c20-11-14(7-4-8-15-10-14)9-13-16-17-18-19(13)12-5-2-1-3-6-12/h1-3,5-6,15,20H,4,7-11H2. The van der Waals surface area contributed by atoms with Crippen molar-refractivity contribution >= 4 is 0 Å². The third-order valence-corrected chi connectivity index (χ3v) is 3.96. The minimum atomic E-state index is -0.153. The summed E-state index contributed by atoms with van der Waals surface area (Å²) in [5, 5.41) is 25.1. The molecule has 0 saturated carbocycles. The Labute approximate surface area is 117 Å². The van der Waals surface area contributed by atoms with E-state index < -0.39 is 0 Å². The minimum Gasteiger partial charge on any atom is -0.396 e. The van der Waals surface area contributed by atoms with E-state index in [4.69, 9.17) is 0 Å². The second-order valence-corrected chi connectivity index (χ2v) is 5.46. The molecule has 1 unspecified atom stereocenters. The van der Waals surface area contributed by atoms with Gasteiger partial charge < -0.3 is 10.4 Å². The van der Waals surface area contributed by atoms with Gasteiger partial charge >= 0.3 is 0 Å². The molecule has 1 aromatic heterocycles. The second kappa shape index (κ2) is 5.68. The second-order valence-electron chi connectivity index (χ2n) is 5.46. The van der Waals surface area contributed by atoms with E-state index in [1.54, 1.807) is 4.68 Å². The zero-order chi connectivity index (χ0) is 13.8. The van der Waals surface area contributed by atoms with E-state index in [0.29, 0.717) is 6.42 Å². The molecule has 1 aliphatic heterocycles. The number of rotatable bonds is 4. The van der Waals surface area contributed by atoms with Crippen molar-refractivity contribution in [1.29, 1.82) is 0 Å². The molecular formula is C14H19N5O. The summed E-state index contributed by atoms with van der Waals surface area (Å²) >= 11 is 0. The topological polar surface area (TPSA) is 75.9 Å². The maximum Gasteiger partial charge on any atom is 0.157 e. The zero-order valence-corrected chi connectivity index (χ0v) is 11.4. The fourth-order valence-electron chi connectivity index (χ4n) is 2.79. The number of benzene rings is 1. The highest BCUT2D eigenvalue weighted by Gasteiger charge is 2.33. The average Bonchev–Trinajstić information content (AvgIpc) is 2.97. The lowest BCUT2D eigenvalue weighted by atomic mass is 9.78. The summed E-state index contributed by atoms with van der Waals surface area (Å²) in [5.74, 6) is 0.800. The number of nitrogens with one attached hydrogen (secondary N) is 1. The van der Waals surface area contributed by atoms with Crippen LogP contribution in [-0.2, 0) is 6.42 Å². The zero-order valence-electron chi connectivity index (χ0n) is 11.4. The molecule has 1 aliphatic rings. The first-order valence-electron chi connectivity index (χ1n) is 6.97. The van der Waals surface area contributed by atoms with Crippen molar-refractivity contribution in [1.82, 2.24) is 25.5 Å². The van der Waals surface area contributed by atoms with Crippen LogP contribution in [0.4, 0.5) is 0 Å². The minimum absolute atomic E-state index is 0.153. The Morgan fingerprint density at radius 2 is 2.15 bits per heavy atom. The molecule has 1 aromatic carbocycles. The lowest BCUT2D eigenvalue weighted by Gasteiger charge is -2.35. The molecule has 1 atom stereocenters. The number of aliphatic hydroxyl groups excluding tert-OH is 1. The first kappa shape index (κ1) is 13.2. The quantitative estimate of drug-likeness (QED) is 0.851. The Morgan fingerprint density at radius 1 is 1.30 bits per heavy atom. The van der Waals surface area contributed by atoms with Crippen LogP contribution in [0.3, 0.4) is 0 Å². The van der Waals surface area contributed by atoms with Crippen LogP contribution in [0.15, 0.2) is 30.3 Å². The van der Waals surface area contributed by atoms with E-state index in [1.165, 1.54) is 0 Å². The van der Waals surface area contributed by atoms with Crippen LogP contribution in [0.1, 0.15) is 18.7 Å². The fourth-order valence-corrected chi connectivity index (χ4v) is 2.79. The highest BCUT2D eigenvalue weighted by molar-refractivity contribution is 5.30. The molecule has 1 saturated heterocycles.